The van der Waals surface area contributed by atoms with Crippen LogP contribution in [0.25, 0.3) is 0 Å². The van der Waals surface area contributed by atoms with Gasteiger partial charge in [-0.25, -0.2) is 14.4 Å². The summed E-state index contributed by atoms with van der Waals surface area (Å²) < 4.78 is 19.2. The standard InChI is InChI=1S/C14H19NO8S/c1-7(2)21-12(17)10(15-9(4)16)6-24-14(19)20-5-11-8(3)22-13(18)23-11/h7,10H,5-6H2,1-4H3,(H,15,16)/t10-/m0/s1. The first-order chi connectivity index (χ1) is 11.2. The number of ether oxygens (including phenoxy) is 2. The zero-order chi connectivity index (χ0) is 18.3. The van der Waals surface area contributed by atoms with E-state index in [0.717, 1.165) is 0 Å². The van der Waals surface area contributed by atoms with Gasteiger partial charge in [0.2, 0.25) is 5.91 Å². The molecular weight excluding hydrogens is 342 g/mol. The first-order valence-corrected chi connectivity index (χ1v) is 8.04. The molecule has 1 aromatic heterocycles. The number of carbonyl (C=O) groups is 3. The minimum absolute atomic E-state index is 0.0573. The highest BCUT2D eigenvalue weighted by Gasteiger charge is 2.24. The van der Waals surface area contributed by atoms with Gasteiger partial charge in [-0.2, -0.15) is 0 Å². The van der Waals surface area contributed by atoms with Crippen molar-refractivity contribution in [3.05, 3.63) is 22.1 Å². The maximum absolute atomic E-state index is 11.9. The van der Waals surface area contributed by atoms with Crippen molar-refractivity contribution in [1.82, 2.24) is 5.32 Å². The van der Waals surface area contributed by atoms with Gasteiger partial charge in [0.25, 0.3) is 0 Å². The Hall–Kier alpha value is -2.23. The van der Waals surface area contributed by atoms with E-state index in [1.165, 1.54) is 13.8 Å². The quantitative estimate of drug-likeness (QED) is 0.716. The SMILES string of the molecule is CC(=O)N[C@@H](CSC(=O)OCc1oc(=O)oc1C)C(=O)OC(C)C. The van der Waals surface area contributed by atoms with E-state index in [9.17, 15) is 19.2 Å². The average molecular weight is 361 g/mol. The fourth-order valence-corrected chi connectivity index (χ4v) is 2.22. The van der Waals surface area contributed by atoms with Crippen LogP contribution in [0.1, 0.15) is 32.3 Å². The van der Waals surface area contributed by atoms with Crippen LogP contribution in [0.2, 0.25) is 0 Å². The highest BCUT2D eigenvalue weighted by Crippen LogP contribution is 2.13. The molecular formula is C14H19NO8S. The Bertz CT molecular complexity index is 647. The lowest BCUT2D eigenvalue weighted by molar-refractivity contribution is -0.150. The number of thioether (sulfide) groups is 1. The van der Waals surface area contributed by atoms with Gasteiger partial charge in [-0.1, -0.05) is 0 Å². The fourth-order valence-electron chi connectivity index (χ4n) is 1.55. The summed E-state index contributed by atoms with van der Waals surface area (Å²) in [6, 6.07) is -0.976. The minimum atomic E-state index is -0.976. The lowest BCUT2D eigenvalue weighted by Crippen LogP contribution is -2.43. The van der Waals surface area contributed by atoms with E-state index in [0.29, 0.717) is 11.8 Å². The van der Waals surface area contributed by atoms with Crippen LogP contribution >= 0.6 is 11.8 Å². The van der Waals surface area contributed by atoms with E-state index in [2.05, 4.69) is 14.2 Å². The second kappa shape index (κ2) is 9.16. The zero-order valence-electron chi connectivity index (χ0n) is 13.7. The van der Waals surface area contributed by atoms with E-state index >= 15 is 0 Å². The van der Waals surface area contributed by atoms with Crippen LogP contribution in [0.15, 0.2) is 13.6 Å². The monoisotopic (exact) mass is 361 g/mol. The molecule has 0 fully saturated rings. The smallest absolute Gasteiger partial charge is 0.461 e. The Labute approximate surface area is 142 Å². The summed E-state index contributed by atoms with van der Waals surface area (Å²) in [5.41, 5.74) is 0. The molecule has 0 spiro atoms. The predicted molar refractivity (Wildman–Crippen MR) is 83.5 cm³/mol. The first kappa shape index (κ1) is 19.8. The lowest BCUT2D eigenvalue weighted by atomic mass is 10.3. The number of hydrogen-bond donors (Lipinski definition) is 1. The third-order valence-electron chi connectivity index (χ3n) is 2.54. The fraction of sp³-hybridized carbons (Fsp3) is 0.571. The molecule has 0 aromatic carbocycles. The first-order valence-electron chi connectivity index (χ1n) is 7.05. The van der Waals surface area contributed by atoms with Gasteiger partial charge in [0.1, 0.15) is 6.04 Å². The van der Waals surface area contributed by atoms with Gasteiger partial charge in [-0.05, 0) is 32.5 Å². The highest BCUT2D eigenvalue weighted by molar-refractivity contribution is 8.13. The van der Waals surface area contributed by atoms with Crippen molar-refractivity contribution in [2.45, 2.75) is 46.4 Å². The van der Waals surface area contributed by atoms with Crippen molar-refractivity contribution in [3.63, 3.8) is 0 Å². The number of esters is 1. The normalized spacial score (nSPS) is 11.9. The van der Waals surface area contributed by atoms with Crippen molar-refractivity contribution in [3.8, 4) is 0 Å². The van der Waals surface area contributed by atoms with E-state index in [1.807, 2.05) is 0 Å². The number of carbonyl (C=O) groups excluding carboxylic acids is 3. The van der Waals surface area contributed by atoms with Crippen LogP contribution in [0.3, 0.4) is 0 Å². The number of hydrogen-bond acceptors (Lipinski definition) is 9. The van der Waals surface area contributed by atoms with Gasteiger partial charge >= 0.3 is 17.1 Å². The van der Waals surface area contributed by atoms with Gasteiger partial charge in [0, 0.05) is 12.7 Å². The van der Waals surface area contributed by atoms with Gasteiger partial charge in [0.15, 0.2) is 18.1 Å². The van der Waals surface area contributed by atoms with Crippen molar-refractivity contribution >= 4 is 28.9 Å². The second-order valence-electron chi connectivity index (χ2n) is 5.02. The largest absolute Gasteiger partial charge is 0.519 e. The molecule has 134 valence electrons. The number of aryl methyl sites for hydroxylation is 1. The maximum Gasteiger partial charge on any atom is 0.519 e. The van der Waals surface area contributed by atoms with Crippen LogP contribution in [0.4, 0.5) is 4.79 Å². The minimum Gasteiger partial charge on any atom is -0.461 e. The summed E-state index contributed by atoms with van der Waals surface area (Å²) in [5, 5.41) is 1.71. The van der Waals surface area contributed by atoms with E-state index in [-0.39, 0.29) is 30.0 Å². The molecule has 1 atom stereocenters. The number of rotatable bonds is 7. The van der Waals surface area contributed by atoms with Crippen molar-refractivity contribution < 1.29 is 32.7 Å². The van der Waals surface area contributed by atoms with Crippen LogP contribution in [-0.4, -0.2) is 35.1 Å². The third-order valence-corrected chi connectivity index (χ3v) is 3.39. The van der Waals surface area contributed by atoms with Crippen LogP contribution in [-0.2, 0) is 25.7 Å². The Balaban J connectivity index is 2.51. The molecule has 0 saturated carbocycles. The Morgan fingerprint density at radius 3 is 2.42 bits per heavy atom. The molecule has 0 aliphatic rings. The van der Waals surface area contributed by atoms with Crippen molar-refractivity contribution in [1.29, 1.82) is 0 Å². The summed E-state index contributed by atoms with van der Waals surface area (Å²) in [4.78, 5) is 45.6. The average Bonchev–Trinajstić information content (AvgIpc) is 2.78. The zero-order valence-corrected chi connectivity index (χ0v) is 14.6. The van der Waals surface area contributed by atoms with Crippen molar-refractivity contribution in [2.24, 2.45) is 0 Å². The molecule has 0 aliphatic carbocycles. The molecule has 1 heterocycles. The summed E-state index contributed by atoms with van der Waals surface area (Å²) in [5.74, 6) is -1.69. The van der Waals surface area contributed by atoms with Gasteiger partial charge in [-0.3, -0.25) is 4.79 Å². The van der Waals surface area contributed by atoms with Gasteiger partial charge in [-0.15, -0.1) is 0 Å². The molecule has 10 heteroatoms. The van der Waals surface area contributed by atoms with Crippen molar-refractivity contribution in [2.75, 3.05) is 5.75 Å². The van der Waals surface area contributed by atoms with E-state index in [4.69, 9.17) is 9.47 Å². The summed E-state index contributed by atoms with van der Waals surface area (Å²) in [6.07, 6.45) is -0.349. The molecule has 0 unspecified atom stereocenters. The summed E-state index contributed by atoms with van der Waals surface area (Å²) >= 11 is 0.687. The lowest BCUT2D eigenvalue weighted by Gasteiger charge is -2.17. The molecule has 1 rings (SSSR count). The molecule has 24 heavy (non-hydrogen) atoms. The van der Waals surface area contributed by atoms with E-state index in [1.54, 1.807) is 13.8 Å². The third kappa shape index (κ3) is 6.90. The van der Waals surface area contributed by atoms with E-state index < -0.39 is 29.0 Å². The molecule has 0 bridgehead atoms. The molecule has 1 N–H and O–H groups in total. The molecule has 1 aromatic rings. The molecule has 9 nitrogen and oxygen atoms in total. The summed E-state index contributed by atoms with van der Waals surface area (Å²) in [6.45, 7) is 5.82. The molecule has 0 radical (unpaired) electrons. The topological polar surface area (TPSA) is 125 Å². The Kier molecular flexibility index (Phi) is 7.56. The van der Waals surface area contributed by atoms with Crippen LogP contribution in [0.5, 0.6) is 0 Å². The van der Waals surface area contributed by atoms with Gasteiger partial charge < -0.3 is 23.6 Å². The second-order valence-corrected chi connectivity index (χ2v) is 5.98. The predicted octanol–water partition coefficient (Wildman–Crippen LogP) is 1.37. The molecule has 0 saturated heterocycles. The number of nitrogens with one attached hydrogen (secondary N) is 1. The summed E-state index contributed by atoms with van der Waals surface area (Å²) in [7, 11) is 0. The number of amides is 1. The molecule has 0 aliphatic heterocycles. The maximum atomic E-state index is 11.9. The highest BCUT2D eigenvalue weighted by atomic mass is 32.2. The molecule has 1 amide bonds. The van der Waals surface area contributed by atoms with Gasteiger partial charge in [0.05, 0.1) is 6.10 Å². The van der Waals surface area contributed by atoms with Crippen LogP contribution < -0.4 is 11.1 Å². The van der Waals surface area contributed by atoms with Crippen LogP contribution in [0, 0.1) is 6.92 Å². The Morgan fingerprint density at radius 2 is 1.92 bits per heavy atom. The Morgan fingerprint density at radius 1 is 1.25 bits per heavy atom.